The third kappa shape index (κ3) is 1.60. The fourth-order valence-corrected chi connectivity index (χ4v) is 2.65. The SMILES string of the molecule is CC1=CC2C(=O)C3=CC(O)C(=O)C(O)=C3C=C2C(O)=C1. The summed E-state index contributed by atoms with van der Waals surface area (Å²) in [4.78, 5) is 24.0. The summed E-state index contributed by atoms with van der Waals surface area (Å²) in [7, 11) is 0. The first kappa shape index (κ1) is 12.6. The van der Waals surface area contributed by atoms with Crippen molar-refractivity contribution < 1.29 is 24.9 Å². The van der Waals surface area contributed by atoms with Gasteiger partial charge in [0, 0.05) is 16.7 Å². The molecule has 0 aromatic heterocycles. The molecule has 0 aromatic carbocycles. The lowest BCUT2D eigenvalue weighted by Crippen LogP contribution is -2.33. The highest BCUT2D eigenvalue weighted by Crippen LogP contribution is 2.39. The van der Waals surface area contributed by atoms with Crippen molar-refractivity contribution >= 4 is 11.6 Å². The average molecular weight is 272 g/mol. The Kier molecular flexibility index (Phi) is 2.55. The summed E-state index contributed by atoms with van der Waals surface area (Å²) in [5.74, 6) is -2.55. The Morgan fingerprint density at radius 2 is 1.75 bits per heavy atom. The second kappa shape index (κ2) is 4.05. The molecule has 5 nitrogen and oxygen atoms in total. The van der Waals surface area contributed by atoms with Crippen LogP contribution in [0.2, 0.25) is 0 Å². The lowest BCUT2D eigenvalue weighted by Gasteiger charge is -2.29. The van der Waals surface area contributed by atoms with Gasteiger partial charge >= 0.3 is 0 Å². The fourth-order valence-electron chi connectivity index (χ4n) is 2.65. The van der Waals surface area contributed by atoms with Crippen LogP contribution in [0.5, 0.6) is 0 Å². The van der Waals surface area contributed by atoms with Crippen LogP contribution < -0.4 is 0 Å². The molecular weight excluding hydrogens is 260 g/mol. The van der Waals surface area contributed by atoms with Crippen molar-refractivity contribution in [3.63, 3.8) is 0 Å². The van der Waals surface area contributed by atoms with E-state index >= 15 is 0 Å². The molecule has 2 unspecified atom stereocenters. The van der Waals surface area contributed by atoms with Crippen molar-refractivity contribution in [3.8, 4) is 0 Å². The molecule has 3 aliphatic carbocycles. The number of hydrogen-bond donors (Lipinski definition) is 3. The molecular formula is C15H12O5. The Labute approximate surface area is 114 Å². The summed E-state index contributed by atoms with van der Waals surface area (Å²) in [6.07, 6.45) is 4.27. The van der Waals surface area contributed by atoms with Crippen LogP contribution >= 0.6 is 0 Å². The number of carbonyl (C=O) groups is 2. The number of allylic oxidation sites excluding steroid dienone is 7. The van der Waals surface area contributed by atoms with Gasteiger partial charge in [0.25, 0.3) is 0 Å². The zero-order chi connectivity index (χ0) is 14.6. The molecule has 20 heavy (non-hydrogen) atoms. The standard InChI is InChI=1S/C15H12O5/c1-6-2-8-7(11(16)3-6)4-9-10(13(8)18)5-12(17)15(20)14(9)19/h2-5,8,12,16-17,19H,1H3. The first-order chi connectivity index (χ1) is 9.40. The maximum atomic E-state index is 12.4. The monoisotopic (exact) mass is 272 g/mol. The van der Waals surface area contributed by atoms with Crippen LogP contribution in [-0.2, 0) is 9.59 Å². The van der Waals surface area contributed by atoms with E-state index in [1.54, 1.807) is 13.0 Å². The molecule has 3 N–H and O–H groups in total. The van der Waals surface area contributed by atoms with E-state index in [1.807, 2.05) is 0 Å². The van der Waals surface area contributed by atoms with E-state index in [1.165, 1.54) is 12.2 Å². The van der Waals surface area contributed by atoms with E-state index in [2.05, 4.69) is 0 Å². The predicted octanol–water partition coefficient (Wildman–Crippen LogP) is 1.20. The Bertz CT molecular complexity index is 700. The normalized spacial score (nSPS) is 29.1. The van der Waals surface area contributed by atoms with Crippen LogP contribution in [0, 0.1) is 5.92 Å². The molecule has 3 aliphatic rings. The number of fused-ring (bicyclic) bond motifs is 2. The quantitative estimate of drug-likeness (QED) is 0.616. The van der Waals surface area contributed by atoms with Gasteiger partial charge in [0.2, 0.25) is 5.78 Å². The van der Waals surface area contributed by atoms with Gasteiger partial charge in [-0.1, -0.05) is 11.6 Å². The van der Waals surface area contributed by atoms with E-state index in [-0.39, 0.29) is 22.7 Å². The molecule has 0 amide bonds. The van der Waals surface area contributed by atoms with Crippen LogP contribution in [0.3, 0.4) is 0 Å². The van der Waals surface area contributed by atoms with Gasteiger partial charge in [0.1, 0.15) is 11.9 Å². The molecule has 2 atom stereocenters. The van der Waals surface area contributed by atoms with Crippen LogP contribution in [0.4, 0.5) is 0 Å². The van der Waals surface area contributed by atoms with Crippen molar-refractivity contribution in [1.29, 1.82) is 0 Å². The molecule has 102 valence electrons. The number of Topliss-reactive ketones (excluding diaryl/α,β-unsaturated/α-hetero) is 2. The maximum Gasteiger partial charge on any atom is 0.230 e. The van der Waals surface area contributed by atoms with Gasteiger partial charge in [0.15, 0.2) is 11.5 Å². The van der Waals surface area contributed by atoms with Crippen molar-refractivity contribution in [2.45, 2.75) is 13.0 Å². The van der Waals surface area contributed by atoms with Crippen molar-refractivity contribution in [1.82, 2.24) is 0 Å². The number of carbonyl (C=O) groups excluding carboxylic acids is 2. The molecule has 3 rings (SSSR count). The molecule has 5 heteroatoms. The molecule has 0 saturated carbocycles. The maximum absolute atomic E-state index is 12.4. The lowest BCUT2D eigenvalue weighted by atomic mass is 9.74. The zero-order valence-electron chi connectivity index (χ0n) is 10.6. The van der Waals surface area contributed by atoms with Gasteiger partial charge in [-0.3, -0.25) is 9.59 Å². The van der Waals surface area contributed by atoms with Crippen LogP contribution in [0.25, 0.3) is 0 Å². The molecule has 0 radical (unpaired) electrons. The Balaban J connectivity index is 2.24. The highest BCUT2D eigenvalue weighted by atomic mass is 16.3. The molecule has 0 aliphatic heterocycles. The van der Waals surface area contributed by atoms with Crippen molar-refractivity contribution in [3.05, 3.63) is 58.1 Å². The number of hydrogen-bond acceptors (Lipinski definition) is 5. The molecule has 0 fully saturated rings. The van der Waals surface area contributed by atoms with Crippen LogP contribution in [0.15, 0.2) is 58.1 Å². The van der Waals surface area contributed by atoms with Gasteiger partial charge in [0.05, 0.1) is 5.92 Å². The van der Waals surface area contributed by atoms with E-state index in [9.17, 15) is 24.9 Å². The largest absolute Gasteiger partial charge is 0.508 e. The summed E-state index contributed by atoms with van der Waals surface area (Å²) in [5.41, 5.74) is 1.28. The summed E-state index contributed by atoms with van der Waals surface area (Å²) in [5, 5.41) is 29.3. The van der Waals surface area contributed by atoms with Crippen molar-refractivity contribution in [2.24, 2.45) is 5.92 Å². The minimum absolute atomic E-state index is 0.0544. The number of ketones is 2. The van der Waals surface area contributed by atoms with Gasteiger partial charge in [-0.15, -0.1) is 0 Å². The topological polar surface area (TPSA) is 94.8 Å². The third-order valence-electron chi connectivity index (χ3n) is 3.64. The summed E-state index contributed by atoms with van der Waals surface area (Å²) in [6.45, 7) is 1.76. The number of aliphatic hydroxyl groups is 3. The van der Waals surface area contributed by atoms with Gasteiger partial charge < -0.3 is 15.3 Å². The second-order valence-electron chi connectivity index (χ2n) is 5.03. The Morgan fingerprint density at radius 1 is 1.05 bits per heavy atom. The smallest absolute Gasteiger partial charge is 0.230 e. The van der Waals surface area contributed by atoms with E-state index in [0.29, 0.717) is 5.57 Å². The third-order valence-corrected chi connectivity index (χ3v) is 3.64. The first-order valence-electron chi connectivity index (χ1n) is 6.13. The Morgan fingerprint density at radius 3 is 2.45 bits per heavy atom. The summed E-state index contributed by atoms with van der Waals surface area (Å²) >= 11 is 0. The summed E-state index contributed by atoms with van der Waals surface area (Å²) < 4.78 is 0. The van der Waals surface area contributed by atoms with E-state index < -0.39 is 23.6 Å². The highest BCUT2D eigenvalue weighted by molar-refractivity contribution is 6.13. The lowest BCUT2D eigenvalue weighted by molar-refractivity contribution is -0.124. The zero-order valence-corrected chi connectivity index (χ0v) is 10.6. The van der Waals surface area contributed by atoms with E-state index in [4.69, 9.17) is 0 Å². The molecule has 0 bridgehead atoms. The van der Waals surface area contributed by atoms with Crippen LogP contribution in [0.1, 0.15) is 6.92 Å². The minimum atomic E-state index is -1.51. The van der Waals surface area contributed by atoms with Gasteiger partial charge in [-0.2, -0.15) is 0 Å². The molecule has 0 saturated heterocycles. The predicted molar refractivity (Wildman–Crippen MR) is 69.8 cm³/mol. The Hall–Kier alpha value is -2.40. The minimum Gasteiger partial charge on any atom is -0.508 e. The molecule has 0 heterocycles. The molecule has 0 spiro atoms. The first-order valence-corrected chi connectivity index (χ1v) is 6.13. The fraction of sp³-hybridized carbons (Fsp3) is 0.200. The van der Waals surface area contributed by atoms with Crippen LogP contribution in [-0.4, -0.2) is 33.0 Å². The number of rotatable bonds is 0. The number of aliphatic hydroxyl groups excluding tert-OH is 3. The summed E-state index contributed by atoms with van der Waals surface area (Å²) in [6, 6.07) is 0. The van der Waals surface area contributed by atoms with Gasteiger partial charge in [-0.05, 0) is 25.2 Å². The second-order valence-corrected chi connectivity index (χ2v) is 5.03. The van der Waals surface area contributed by atoms with E-state index in [0.717, 1.165) is 11.6 Å². The average Bonchev–Trinajstić information content (AvgIpc) is 2.39. The highest BCUT2D eigenvalue weighted by Gasteiger charge is 2.39. The van der Waals surface area contributed by atoms with Crippen molar-refractivity contribution in [2.75, 3.05) is 0 Å². The molecule has 0 aromatic rings. The van der Waals surface area contributed by atoms with Gasteiger partial charge in [-0.25, -0.2) is 0 Å².